The van der Waals surface area contributed by atoms with Gasteiger partial charge in [-0.25, -0.2) is 0 Å². The number of carbonyl (C=O) groups excluding carboxylic acids is 1. The van der Waals surface area contributed by atoms with Crippen LogP contribution in [0, 0.1) is 11.3 Å². The van der Waals surface area contributed by atoms with Crippen LogP contribution in [0.4, 0.5) is 0 Å². The molecule has 0 N–H and O–H groups in total. The Hall–Kier alpha value is -1.36. The molecule has 0 aliphatic rings. The topological polar surface area (TPSA) is 40.9 Å². The minimum absolute atomic E-state index is 0.0385. The zero-order valence-electron chi connectivity index (χ0n) is 8.97. The second-order valence-corrected chi connectivity index (χ2v) is 3.39. The number of allylic oxidation sites excluding steroid dienone is 3. The molecule has 2 nitrogen and oxygen atoms in total. The highest BCUT2D eigenvalue weighted by molar-refractivity contribution is 5.80. The van der Waals surface area contributed by atoms with Gasteiger partial charge in [0.05, 0.1) is 12.5 Å². The van der Waals surface area contributed by atoms with Gasteiger partial charge in [-0.05, 0) is 26.7 Å². The standard InChI is InChI=1S/C12H17NO/c1-4-10(2)11(3)6-5-7-12(14)8-9-13/h4H,1,5-8H2,2-3H3/b11-10+. The van der Waals surface area contributed by atoms with Crippen molar-refractivity contribution in [2.75, 3.05) is 0 Å². The summed E-state index contributed by atoms with van der Waals surface area (Å²) < 4.78 is 0. The van der Waals surface area contributed by atoms with Crippen molar-refractivity contribution < 1.29 is 4.79 Å². The predicted octanol–water partition coefficient (Wildman–Crippen LogP) is 3.16. The Morgan fingerprint density at radius 3 is 2.57 bits per heavy atom. The molecule has 0 fully saturated rings. The average Bonchev–Trinajstić information content (AvgIpc) is 2.16. The molecule has 0 bridgehead atoms. The van der Waals surface area contributed by atoms with Gasteiger partial charge in [0.1, 0.15) is 5.78 Å². The van der Waals surface area contributed by atoms with Crippen molar-refractivity contribution in [2.24, 2.45) is 0 Å². The Kier molecular flexibility index (Phi) is 6.39. The summed E-state index contributed by atoms with van der Waals surface area (Å²) in [5.41, 5.74) is 2.45. The van der Waals surface area contributed by atoms with Crippen LogP contribution in [0.15, 0.2) is 23.8 Å². The number of rotatable bonds is 6. The van der Waals surface area contributed by atoms with Crippen LogP contribution < -0.4 is 0 Å². The first kappa shape index (κ1) is 12.6. The first-order valence-corrected chi connectivity index (χ1v) is 4.79. The maximum atomic E-state index is 11.0. The molecule has 0 aromatic heterocycles. The number of Topliss-reactive ketones (excluding diaryl/α,β-unsaturated/α-hetero) is 1. The highest BCUT2D eigenvalue weighted by atomic mass is 16.1. The van der Waals surface area contributed by atoms with E-state index in [1.807, 2.05) is 26.0 Å². The maximum absolute atomic E-state index is 11.0. The summed E-state index contributed by atoms with van der Waals surface area (Å²) in [7, 11) is 0. The van der Waals surface area contributed by atoms with Crippen molar-refractivity contribution in [3.05, 3.63) is 23.8 Å². The molecule has 0 saturated carbocycles. The lowest BCUT2D eigenvalue weighted by Gasteiger charge is -2.02. The summed E-state index contributed by atoms with van der Waals surface area (Å²) in [5, 5.41) is 8.28. The van der Waals surface area contributed by atoms with Crippen LogP contribution in [0.3, 0.4) is 0 Å². The molecular formula is C12H17NO. The number of carbonyl (C=O) groups is 1. The van der Waals surface area contributed by atoms with E-state index < -0.39 is 0 Å². The number of hydrogen-bond donors (Lipinski definition) is 0. The lowest BCUT2D eigenvalue weighted by Crippen LogP contribution is -1.95. The van der Waals surface area contributed by atoms with Gasteiger partial charge in [0, 0.05) is 6.42 Å². The lowest BCUT2D eigenvalue weighted by atomic mass is 10.0. The fourth-order valence-corrected chi connectivity index (χ4v) is 1.10. The van der Waals surface area contributed by atoms with E-state index in [9.17, 15) is 4.79 Å². The van der Waals surface area contributed by atoms with Gasteiger partial charge in [-0.1, -0.05) is 23.8 Å². The van der Waals surface area contributed by atoms with E-state index in [1.54, 1.807) is 0 Å². The van der Waals surface area contributed by atoms with E-state index in [2.05, 4.69) is 6.58 Å². The molecular weight excluding hydrogens is 174 g/mol. The lowest BCUT2D eigenvalue weighted by molar-refractivity contribution is -0.118. The normalized spacial score (nSPS) is 11.5. The summed E-state index contributed by atoms with van der Waals surface area (Å²) in [6.45, 7) is 7.75. The van der Waals surface area contributed by atoms with Crippen LogP contribution >= 0.6 is 0 Å². The second kappa shape index (κ2) is 7.08. The van der Waals surface area contributed by atoms with Crippen LogP contribution in [-0.4, -0.2) is 5.78 Å². The van der Waals surface area contributed by atoms with Crippen molar-refractivity contribution in [1.29, 1.82) is 5.26 Å². The summed E-state index contributed by atoms with van der Waals surface area (Å²) in [5.74, 6) is 0.0385. The first-order valence-electron chi connectivity index (χ1n) is 4.79. The van der Waals surface area contributed by atoms with Gasteiger partial charge in [0.25, 0.3) is 0 Å². The SMILES string of the molecule is C=C/C(C)=C(\C)CCCC(=O)CC#N. The number of ketones is 1. The van der Waals surface area contributed by atoms with E-state index in [0.717, 1.165) is 12.8 Å². The Morgan fingerprint density at radius 1 is 1.43 bits per heavy atom. The number of nitriles is 1. The van der Waals surface area contributed by atoms with Crippen LogP contribution in [-0.2, 0) is 4.79 Å². The van der Waals surface area contributed by atoms with Crippen molar-refractivity contribution in [3.8, 4) is 6.07 Å². The molecule has 0 amide bonds. The molecule has 0 aromatic rings. The molecule has 0 aromatic carbocycles. The van der Waals surface area contributed by atoms with Gasteiger partial charge >= 0.3 is 0 Å². The largest absolute Gasteiger partial charge is 0.299 e. The fraction of sp³-hybridized carbons (Fsp3) is 0.500. The fourth-order valence-electron chi connectivity index (χ4n) is 1.10. The van der Waals surface area contributed by atoms with Crippen LogP contribution in [0.2, 0.25) is 0 Å². The molecule has 0 rings (SSSR count). The third kappa shape index (κ3) is 5.31. The Labute approximate surface area is 85.9 Å². The third-order valence-electron chi connectivity index (χ3n) is 2.26. The monoisotopic (exact) mass is 191 g/mol. The molecule has 0 aliphatic heterocycles. The molecule has 76 valence electrons. The molecule has 0 saturated heterocycles. The summed E-state index contributed by atoms with van der Waals surface area (Å²) >= 11 is 0. The molecule has 0 spiro atoms. The molecule has 0 aliphatic carbocycles. The number of hydrogen-bond acceptors (Lipinski definition) is 2. The average molecular weight is 191 g/mol. The molecule has 0 unspecified atom stereocenters. The van der Waals surface area contributed by atoms with Crippen molar-refractivity contribution in [1.82, 2.24) is 0 Å². The molecule has 0 heterocycles. The maximum Gasteiger partial charge on any atom is 0.146 e. The van der Waals surface area contributed by atoms with Crippen molar-refractivity contribution in [3.63, 3.8) is 0 Å². The molecule has 2 heteroatoms. The van der Waals surface area contributed by atoms with Crippen LogP contribution in [0.25, 0.3) is 0 Å². The predicted molar refractivity (Wildman–Crippen MR) is 57.7 cm³/mol. The summed E-state index contributed by atoms with van der Waals surface area (Å²) in [4.78, 5) is 11.0. The minimum atomic E-state index is 0.0385. The van der Waals surface area contributed by atoms with E-state index >= 15 is 0 Å². The minimum Gasteiger partial charge on any atom is -0.299 e. The van der Waals surface area contributed by atoms with Gasteiger partial charge in [-0.2, -0.15) is 5.26 Å². The summed E-state index contributed by atoms with van der Waals surface area (Å²) in [6.07, 6.45) is 4.12. The van der Waals surface area contributed by atoms with Gasteiger partial charge in [0.2, 0.25) is 0 Å². The smallest absolute Gasteiger partial charge is 0.146 e. The zero-order chi connectivity index (χ0) is 11.0. The van der Waals surface area contributed by atoms with E-state index in [-0.39, 0.29) is 12.2 Å². The molecule has 0 atom stereocenters. The Balaban J connectivity index is 3.81. The van der Waals surface area contributed by atoms with E-state index in [4.69, 9.17) is 5.26 Å². The molecule has 14 heavy (non-hydrogen) atoms. The third-order valence-corrected chi connectivity index (χ3v) is 2.26. The van der Waals surface area contributed by atoms with Crippen LogP contribution in [0.5, 0.6) is 0 Å². The van der Waals surface area contributed by atoms with Crippen molar-refractivity contribution in [2.45, 2.75) is 39.5 Å². The quantitative estimate of drug-likeness (QED) is 0.605. The van der Waals surface area contributed by atoms with E-state index in [0.29, 0.717) is 6.42 Å². The highest BCUT2D eigenvalue weighted by Gasteiger charge is 2.01. The van der Waals surface area contributed by atoms with Crippen molar-refractivity contribution >= 4 is 5.78 Å². The van der Waals surface area contributed by atoms with Crippen LogP contribution in [0.1, 0.15) is 39.5 Å². The van der Waals surface area contributed by atoms with Gasteiger partial charge in [-0.3, -0.25) is 4.79 Å². The first-order chi connectivity index (χ1) is 6.61. The Bertz CT molecular complexity index is 281. The Morgan fingerprint density at radius 2 is 2.07 bits per heavy atom. The highest BCUT2D eigenvalue weighted by Crippen LogP contribution is 2.12. The van der Waals surface area contributed by atoms with Gasteiger partial charge in [-0.15, -0.1) is 0 Å². The zero-order valence-corrected chi connectivity index (χ0v) is 8.97. The number of nitrogens with zero attached hydrogens (tertiary/aromatic N) is 1. The van der Waals surface area contributed by atoms with Gasteiger partial charge in [0.15, 0.2) is 0 Å². The van der Waals surface area contributed by atoms with E-state index in [1.165, 1.54) is 11.1 Å². The molecule has 0 radical (unpaired) electrons. The second-order valence-electron chi connectivity index (χ2n) is 3.39. The van der Waals surface area contributed by atoms with Gasteiger partial charge < -0.3 is 0 Å². The summed E-state index contributed by atoms with van der Waals surface area (Å²) in [6, 6.07) is 1.86.